The van der Waals surface area contributed by atoms with E-state index in [2.05, 4.69) is 10.6 Å². The summed E-state index contributed by atoms with van der Waals surface area (Å²) in [6.07, 6.45) is 4.99. The number of hydrogen-bond donors (Lipinski definition) is 2. The van der Waals surface area contributed by atoms with Crippen molar-refractivity contribution >= 4 is 35.3 Å². The minimum atomic E-state index is -1.09. The van der Waals surface area contributed by atoms with E-state index >= 15 is 0 Å². The summed E-state index contributed by atoms with van der Waals surface area (Å²) in [5.41, 5.74) is 0.636. The van der Waals surface area contributed by atoms with E-state index in [1.807, 2.05) is 0 Å². The monoisotopic (exact) mass is 441 g/mol. The number of hydrogen-bond acceptors (Lipinski definition) is 6. The molecule has 0 radical (unpaired) electrons. The van der Waals surface area contributed by atoms with Crippen LogP contribution in [0.15, 0.2) is 24.3 Å². The van der Waals surface area contributed by atoms with Gasteiger partial charge in [-0.1, -0.05) is 25.0 Å². The van der Waals surface area contributed by atoms with Gasteiger partial charge >= 0.3 is 5.97 Å². The number of esters is 1. The van der Waals surface area contributed by atoms with Gasteiger partial charge in [0.1, 0.15) is 6.04 Å². The van der Waals surface area contributed by atoms with Gasteiger partial charge in [-0.2, -0.15) is 0 Å². The fourth-order valence-electron chi connectivity index (χ4n) is 4.40. The van der Waals surface area contributed by atoms with E-state index in [9.17, 15) is 24.0 Å². The predicted octanol–water partition coefficient (Wildman–Crippen LogP) is 1.62. The van der Waals surface area contributed by atoms with Crippen LogP contribution in [0, 0.1) is 11.8 Å². The zero-order valence-electron chi connectivity index (χ0n) is 18.0. The van der Waals surface area contributed by atoms with E-state index in [-0.39, 0.29) is 35.6 Å². The number of amides is 4. The predicted molar refractivity (Wildman–Crippen MR) is 113 cm³/mol. The Morgan fingerprint density at radius 1 is 1.03 bits per heavy atom. The lowest BCUT2D eigenvalue weighted by molar-refractivity contribution is -0.159. The van der Waals surface area contributed by atoms with Crippen LogP contribution < -0.4 is 10.6 Å². The highest BCUT2D eigenvalue weighted by Crippen LogP contribution is 2.38. The van der Waals surface area contributed by atoms with Crippen molar-refractivity contribution in [1.82, 2.24) is 10.2 Å². The molecule has 3 aliphatic rings. The molecule has 4 rings (SSSR count). The smallest absolute Gasteiger partial charge is 0.329 e. The Bertz CT molecular complexity index is 933. The molecular weight excluding hydrogens is 414 g/mol. The van der Waals surface area contributed by atoms with Gasteiger partial charge in [-0.25, -0.2) is 4.79 Å². The number of ether oxygens (including phenoxy) is 1. The molecule has 2 unspecified atom stereocenters. The first-order valence-electron chi connectivity index (χ1n) is 11.1. The summed E-state index contributed by atoms with van der Waals surface area (Å²) in [5, 5.41) is 5.45. The van der Waals surface area contributed by atoms with Crippen LogP contribution in [0.2, 0.25) is 0 Å². The maximum absolute atomic E-state index is 12.6. The van der Waals surface area contributed by atoms with Gasteiger partial charge < -0.3 is 15.4 Å². The van der Waals surface area contributed by atoms with Gasteiger partial charge in [-0.05, 0) is 44.7 Å². The van der Waals surface area contributed by atoms with Crippen molar-refractivity contribution in [3.05, 3.63) is 29.8 Å². The van der Waals surface area contributed by atoms with Crippen LogP contribution in [0.4, 0.5) is 5.69 Å². The lowest BCUT2D eigenvalue weighted by atomic mass is 9.81. The van der Waals surface area contributed by atoms with E-state index in [0.717, 1.165) is 30.6 Å². The molecule has 9 heteroatoms. The fraction of sp³-hybridized carbons (Fsp3) is 0.522. The summed E-state index contributed by atoms with van der Waals surface area (Å²) < 4.78 is 5.08. The highest BCUT2D eigenvalue weighted by Gasteiger charge is 2.51. The highest BCUT2D eigenvalue weighted by molar-refractivity contribution is 6.08. The average molecular weight is 441 g/mol. The molecule has 3 atom stereocenters. The van der Waals surface area contributed by atoms with Gasteiger partial charge in [-0.15, -0.1) is 0 Å². The van der Waals surface area contributed by atoms with Gasteiger partial charge in [0, 0.05) is 6.04 Å². The standard InChI is InChI=1S/C23H27N3O6/c1-13(26-21(29)15-6-2-3-7-16(15)22(26)30)23(31)32-12-19(27)25-18-9-5-4-8-17(18)20(28)24-14-10-11-14/h4-5,8-9,13-16H,2-3,6-7,10-12H2,1H3,(H,24,28)(H,25,27)/t13-,15?,16?/m0/s1. The number of carbonyl (C=O) groups is 5. The largest absolute Gasteiger partial charge is 0.454 e. The molecule has 0 aromatic heterocycles. The third-order valence-electron chi connectivity index (χ3n) is 6.31. The minimum Gasteiger partial charge on any atom is -0.454 e. The summed E-state index contributed by atoms with van der Waals surface area (Å²) in [6.45, 7) is 0.843. The van der Waals surface area contributed by atoms with Crippen molar-refractivity contribution in [2.24, 2.45) is 11.8 Å². The molecule has 0 bridgehead atoms. The summed E-state index contributed by atoms with van der Waals surface area (Å²) in [5.74, 6) is -3.08. The number of benzene rings is 1. The molecule has 1 aromatic carbocycles. The zero-order chi connectivity index (χ0) is 22.8. The molecule has 1 heterocycles. The maximum atomic E-state index is 12.6. The number of anilines is 1. The fourth-order valence-corrected chi connectivity index (χ4v) is 4.40. The van der Waals surface area contributed by atoms with Gasteiger partial charge in [0.25, 0.3) is 11.8 Å². The second-order valence-electron chi connectivity index (χ2n) is 8.67. The van der Waals surface area contributed by atoms with E-state index < -0.39 is 24.5 Å². The van der Waals surface area contributed by atoms with Crippen molar-refractivity contribution in [3.8, 4) is 0 Å². The molecule has 1 aliphatic heterocycles. The molecule has 2 aliphatic carbocycles. The number of nitrogens with zero attached hydrogens (tertiary/aromatic N) is 1. The van der Waals surface area contributed by atoms with Crippen molar-refractivity contribution < 1.29 is 28.7 Å². The van der Waals surface area contributed by atoms with Crippen molar-refractivity contribution in [3.63, 3.8) is 0 Å². The summed E-state index contributed by atoms with van der Waals surface area (Å²) in [6, 6.07) is 5.65. The molecular formula is C23H27N3O6. The van der Waals surface area contributed by atoms with E-state index in [4.69, 9.17) is 4.74 Å². The number of fused-ring (bicyclic) bond motifs is 1. The van der Waals surface area contributed by atoms with Gasteiger partial charge in [0.2, 0.25) is 11.8 Å². The summed E-state index contributed by atoms with van der Waals surface area (Å²) >= 11 is 0. The molecule has 3 fully saturated rings. The second kappa shape index (κ2) is 9.10. The summed E-state index contributed by atoms with van der Waals surface area (Å²) in [4.78, 5) is 63.4. The summed E-state index contributed by atoms with van der Waals surface area (Å²) in [7, 11) is 0. The van der Waals surface area contributed by atoms with Crippen LogP contribution in [0.5, 0.6) is 0 Å². The Morgan fingerprint density at radius 2 is 1.66 bits per heavy atom. The van der Waals surface area contributed by atoms with Crippen LogP contribution in [0.3, 0.4) is 0 Å². The minimum absolute atomic E-state index is 0.175. The van der Waals surface area contributed by atoms with E-state index in [1.54, 1.807) is 24.3 Å². The Kier molecular flexibility index (Phi) is 6.25. The number of nitrogens with one attached hydrogen (secondary N) is 2. The Hall–Kier alpha value is -3.23. The lowest BCUT2D eigenvalue weighted by Gasteiger charge is -2.21. The van der Waals surface area contributed by atoms with Crippen molar-refractivity contribution in [2.75, 3.05) is 11.9 Å². The second-order valence-corrected chi connectivity index (χ2v) is 8.67. The zero-order valence-corrected chi connectivity index (χ0v) is 18.0. The number of rotatable bonds is 7. The van der Waals surface area contributed by atoms with E-state index in [0.29, 0.717) is 24.1 Å². The molecule has 2 saturated carbocycles. The Labute approximate surface area is 185 Å². The Morgan fingerprint density at radius 3 is 2.28 bits per heavy atom. The normalized spacial score (nSPS) is 23.3. The van der Waals surface area contributed by atoms with Crippen LogP contribution in [-0.2, 0) is 23.9 Å². The average Bonchev–Trinajstić information content (AvgIpc) is 3.57. The van der Waals surface area contributed by atoms with Crippen molar-refractivity contribution in [2.45, 2.75) is 57.5 Å². The SMILES string of the molecule is C[C@@H](C(=O)OCC(=O)Nc1ccccc1C(=O)NC1CC1)N1C(=O)C2CCCCC2C1=O. The number of likely N-dealkylation sites (tertiary alicyclic amines) is 1. The van der Waals surface area contributed by atoms with E-state index in [1.165, 1.54) is 6.92 Å². The molecule has 170 valence electrons. The van der Waals surface area contributed by atoms with Crippen LogP contribution in [-0.4, -0.2) is 53.2 Å². The molecule has 1 saturated heterocycles. The molecule has 4 amide bonds. The molecule has 0 spiro atoms. The van der Waals surface area contributed by atoms with Gasteiger partial charge in [-0.3, -0.25) is 24.1 Å². The van der Waals surface area contributed by atoms with Crippen molar-refractivity contribution in [1.29, 1.82) is 0 Å². The first-order chi connectivity index (χ1) is 15.4. The molecule has 9 nitrogen and oxygen atoms in total. The lowest BCUT2D eigenvalue weighted by Crippen LogP contribution is -2.45. The van der Waals surface area contributed by atoms with Crippen LogP contribution in [0.1, 0.15) is 55.8 Å². The number of imide groups is 1. The number of para-hydroxylation sites is 1. The Balaban J connectivity index is 1.32. The maximum Gasteiger partial charge on any atom is 0.329 e. The topological polar surface area (TPSA) is 122 Å². The first-order valence-corrected chi connectivity index (χ1v) is 11.1. The third kappa shape index (κ3) is 4.51. The molecule has 1 aromatic rings. The third-order valence-corrected chi connectivity index (χ3v) is 6.31. The van der Waals surface area contributed by atoms with Gasteiger partial charge in [0.05, 0.1) is 23.1 Å². The molecule has 2 N–H and O–H groups in total. The van der Waals surface area contributed by atoms with Gasteiger partial charge in [0.15, 0.2) is 6.61 Å². The van der Waals surface area contributed by atoms with Crippen LogP contribution in [0.25, 0.3) is 0 Å². The molecule has 32 heavy (non-hydrogen) atoms. The quantitative estimate of drug-likeness (QED) is 0.490. The first kappa shape index (κ1) is 22.0. The highest BCUT2D eigenvalue weighted by atomic mass is 16.5. The number of carbonyl (C=O) groups excluding carboxylic acids is 5. The van der Waals surface area contributed by atoms with Crippen LogP contribution >= 0.6 is 0 Å².